The van der Waals surface area contributed by atoms with Gasteiger partial charge in [0.15, 0.2) is 0 Å². The minimum Gasteiger partial charge on any atom is -0.301 e. The lowest BCUT2D eigenvalue weighted by atomic mass is 10.00. The summed E-state index contributed by atoms with van der Waals surface area (Å²) in [5.74, 6) is -0.371. The molecular formula is C14H21N3O3. The van der Waals surface area contributed by atoms with Gasteiger partial charge in [0.2, 0.25) is 11.8 Å². The summed E-state index contributed by atoms with van der Waals surface area (Å²) >= 11 is 0. The molecule has 0 bridgehead atoms. The maximum atomic E-state index is 12.4. The predicted octanol–water partition coefficient (Wildman–Crippen LogP) is 0.575. The fourth-order valence-electron chi connectivity index (χ4n) is 3.20. The molecule has 0 aromatic heterocycles. The molecule has 1 spiro atoms. The van der Waals surface area contributed by atoms with E-state index in [0.29, 0.717) is 31.3 Å². The molecule has 6 heteroatoms. The Labute approximate surface area is 118 Å². The van der Waals surface area contributed by atoms with Crippen LogP contribution >= 0.6 is 0 Å². The summed E-state index contributed by atoms with van der Waals surface area (Å²) in [5, 5.41) is 2.33. The predicted molar refractivity (Wildman–Crippen MR) is 71.7 cm³/mol. The third kappa shape index (κ3) is 2.02. The second-order valence-electron chi connectivity index (χ2n) is 6.50. The quantitative estimate of drug-likeness (QED) is 0.767. The van der Waals surface area contributed by atoms with E-state index in [0.717, 1.165) is 19.5 Å². The van der Waals surface area contributed by atoms with Crippen LogP contribution in [0.5, 0.6) is 0 Å². The van der Waals surface area contributed by atoms with Crippen molar-refractivity contribution in [2.75, 3.05) is 19.6 Å². The SMILES string of the molecule is CC(C)N1CCC(CN2C(=O)NC(=O)C3(CC3)C2=O)C1. The monoisotopic (exact) mass is 279 g/mol. The Hall–Kier alpha value is -1.43. The first-order chi connectivity index (χ1) is 9.44. The molecule has 0 aromatic carbocycles. The number of rotatable bonds is 3. The first-order valence-corrected chi connectivity index (χ1v) is 7.35. The number of nitrogens with one attached hydrogen (secondary N) is 1. The number of hydrogen-bond donors (Lipinski definition) is 1. The summed E-state index contributed by atoms with van der Waals surface area (Å²) in [6, 6.07) is -0.0530. The fourth-order valence-corrected chi connectivity index (χ4v) is 3.20. The van der Waals surface area contributed by atoms with Crippen LogP contribution < -0.4 is 5.32 Å². The number of amides is 4. The van der Waals surface area contributed by atoms with Gasteiger partial charge < -0.3 is 4.90 Å². The van der Waals surface area contributed by atoms with Crippen molar-refractivity contribution in [3.63, 3.8) is 0 Å². The lowest BCUT2D eigenvalue weighted by Gasteiger charge is -2.32. The van der Waals surface area contributed by atoms with E-state index in [1.54, 1.807) is 0 Å². The van der Waals surface area contributed by atoms with Crippen LogP contribution in [0, 0.1) is 11.3 Å². The summed E-state index contributed by atoms with van der Waals surface area (Å²) in [6.07, 6.45) is 2.14. The van der Waals surface area contributed by atoms with Gasteiger partial charge in [0.1, 0.15) is 5.41 Å². The lowest BCUT2D eigenvalue weighted by molar-refractivity contribution is -0.145. The summed E-state index contributed by atoms with van der Waals surface area (Å²) in [4.78, 5) is 39.6. The van der Waals surface area contributed by atoms with Gasteiger partial charge in [-0.05, 0) is 45.6 Å². The van der Waals surface area contributed by atoms with E-state index in [1.807, 2.05) is 0 Å². The molecule has 2 saturated heterocycles. The second-order valence-corrected chi connectivity index (χ2v) is 6.50. The Morgan fingerprint density at radius 1 is 1.30 bits per heavy atom. The Bertz CT molecular complexity index is 470. The van der Waals surface area contributed by atoms with Gasteiger partial charge in [-0.1, -0.05) is 0 Å². The Balaban J connectivity index is 1.67. The van der Waals surface area contributed by atoms with Gasteiger partial charge in [0.25, 0.3) is 0 Å². The van der Waals surface area contributed by atoms with E-state index >= 15 is 0 Å². The number of imide groups is 2. The van der Waals surface area contributed by atoms with Crippen LogP contribution in [0.15, 0.2) is 0 Å². The van der Waals surface area contributed by atoms with Crippen molar-refractivity contribution in [2.24, 2.45) is 11.3 Å². The first kappa shape index (κ1) is 13.5. The highest BCUT2D eigenvalue weighted by atomic mass is 16.2. The molecule has 0 radical (unpaired) electrons. The zero-order valence-corrected chi connectivity index (χ0v) is 12.0. The van der Waals surface area contributed by atoms with Crippen LogP contribution in [-0.2, 0) is 9.59 Å². The van der Waals surface area contributed by atoms with Crippen molar-refractivity contribution in [2.45, 2.75) is 39.2 Å². The third-order valence-electron chi connectivity index (χ3n) is 4.79. The number of likely N-dealkylation sites (tertiary alicyclic amines) is 1. The summed E-state index contributed by atoms with van der Waals surface area (Å²) in [5.41, 5.74) is -0.912. The van der Waals surface area contributed by atoms with Crippen LogP contribution in [-0.4, -0.2) is 53.3 Å². The van der Waals surface area contributed by atoms with Gasteiger partial charge in [-0.25, -0.2) is 4.79 Å². The molecule has 20 heavy (non-hydrogen) atoms. The van der Waals surface area contributed by atoms with Crippen LogP contribution in [0.25, 0.3) is 0 Å². The van der Waals surface area contributed by atoms with Crippen LogP contribution in [0.1, 0.15) is 33.1 Å². The molecule has 0 aromatic rings. The van der Waals surface area contributed by atoms with E-state index in [1.165, 1.54) is 4.90 Å². The maximum absolute atomic E-state index is 12.4. The average Bonchev–Trinajstić information content (AvgIpc) is 3.06. The standard InChI is InChI=1S/C14H21N3O3/c1-9(2)16-6-3-10(7-16)8-17-12(19)14(4-5-14)11(18)15-13(17)20/h9-10H,3-8H2,1-2H3,(H,15,18,20). The summed E-state index contributed by atoms with van der Waals surface area (Å²) < 4.78 is 0. The molecule has 3 rings (SSSR count). The molecule has 2 aliphatic heterocycles. The number of hydrogen-bond acceptors (Lipinski definition) is 4. The van der Waals surface area contributed by atoms with E-state index in [9.17, 15) is 14.4 Å². The molecule has 110 valence electrons. The molecule has 2 heterocycles. The van der Waals surface area contributed by atoms with Gasteiger partial charge in [0.05, 0.1) is 0 Å². The van der Waals surface area contributed by atoms with Crippen molar-refractivity contribution in [3.8, 4) is 0 Å². The highest BCUT2D eigenvalue weighted by molar-refractivity contribution is 6.20. The summed E-state index contributed by atoms with van der Waals surface area (Å²) in [6.45, 7) is 6.66. The number of barbiturate groups is 1. The van der Waals surface area contributed by atoms with Crippen molar-refractivity contribution >= 4 is 17.8 Å². The Morgan fingerprint density at radius 2 is 2.00 bits per heavy atom. The number of carbonyl (C=O) groups excluding carboxylic acids is 3. The van der Waals surface area contributed by atoms with Gasteiger partial charge in [-0.2, -0.15) is 0 Å². The van der Waals surface area contributed by atoms with E-state index in [-0.39, 0.29) is 5.91 Å². The number of nitrogens with zero attached hydrogens (tertiary/aromatic N) is 2. The van der Waals surface area contributed by atoms with Crippen molar-refractivity contribution in [3.05, 3.63) is 0 Å². The van der Waals surface area contributed by atoms with Gasteiger partial charge >= 0.3 is 6.03 Å². The molecule has 3 fully saturated rings. The Morgan fingerprint density at radius 3 is 2.55 bits per heavy atom. The molecule has 1 unspecified atom stereocenters. The maximum Gasteiger partial charge on any atom is 0.330 e. The second kappa shape index (κ2) is 4.55. The average molecular weight is 279 g/mol. The molecule has 3 aliphatic rings. The smallest absolute Gasteiger partial charge is 0.301 e. The molecular weight excluding hydrogens is 258 g/mol. The molecule has 1 N–H and O–H groups in total. The van der Waals surface area contributed by atoms with Crippen LogP contribution in [0.2, 0.25) is 0 Å². The van der Waals surface area contributed by atoms with E-state index in [4.69, 9.17) is 0 Å². The normalized spacial score (nSPS) is 29.4. The lowest BCUT2D eigenvalue weighted by Crippen LogP contribution is -2.60. The van der Waals surface area contributed by atoms with Crippen LogP contribution in [0.4, 0.5) is 4.79 Å². The minimum atomic E-state index is -0.912. The number of urea groups is 1. The fraction of sp³-hybridized carbons (Fsp3) is 0.786. The molecule has 1 atom stereocenters. The molecule has 1 aliphatic carbocycles. The zero-order chi connectivity index (χ0) is 14.5. The van der Waals surface area contributed by atoms with Gasteiger partial charge in [-0.3, -0.25) is 19.8 Å². The molecule has 6 nitrogen and oxygen atoms in total. The highest BCUT2D eigenvalue weighted by Crippen LogP contribution is 2.49. The van der Waals surface area contributed by atoms with E-state index < -0.39 is 17.4 Å². The third-order valence-corrected chi connectivity index (χ3v) is 4.79. The minimum absolute atomic E-state index is 0.283. The van der Waals surface area contributed by atoms with E-state index in [2.05, 4.69) is 24.1 Å². The van der Waals surface area contributed by atoms with Crippen LogP contribution in [0.3, 0.4) is 0 Å². The first-order valence-electron chi connectivity index (χ1n) is 7.35. The van der Waals surface area contributed by atoms with Gasteiger partial charge in [-0.15, -0.1) is 0 Å². The Kier molecular flexibility index (Phi) is 3.08. The topological polar surface area (TPSA) is 69.7 Å². The van der Waals surface area contributed by atoms with Crippen molar-refractivity contribution in [1.29, 1.82) is 0 Å². The number of carbonyl (C=O) groups is 3. The van der Waals surface area contributed by atoms with Crippen molar-refractivity contribution in [1.82, 2.24) is 15.1 Å². The zero-order valence-electron chi connectivity index (χ0n) is 12.0. The molecule has 4 amide bonds. The molecule has 1 saturated carbocycles. The van der Waals surface area contributed by atoms with Gasteiger partial charge in [0, 0.05) is 19.1 Å². The largest absolute Gasteiger partial charge is 0.330 e. The summed E-state index contributed by atoms with van der Waals surface area (Å²) in [7, 11) is 0. The highest BCUT2D eigenvalue weighted by Gasteiger charge is 2.62. The van der Waals surface area contributed by atoms with Crippen molar-refractivity contribution < 1.29 is 14.4 Å².